The quantitative estimate of drug-likeness (QED) is 0.674. The lowest BCUT2D eigenvalue weighted by Gasteiger charge is -2.12. The van der Waals surface area contributed by atoms with Gasteiger partial charge >= 0.3 is 0 Å². The molecule has 0 aliphatic rings. The van der Waals surface area contributed by atoms with Crippen LogP contribution in [-0.4, -0.2) is 37.2 Å². The molecule has 142 valence electrons. The van der Waals surface area contributed by atoms with Crippen molar-refractivity contribution in [2.75, 3.05) is 27.1 Å². The van der Waals surface area contributed by atoms with Gasteiger partial charge in [-0.25, -0.2) is 4.98 Å². The molecule has 0 fully saturated rings. The second-order valence-electron chi connectivity index (χ2n) is 5.75. The van der Waals surface area contributed by atoms with Crippen molar-refractivity contribution in [1.29, 1.82) is 0 Å². The molecule has 2 aromatic heterocycles. The number of benzene rings is 1. The van der Waals surface area contributed by atoms with Crippen molar-refractivity contribution >= 4 is 33.7 Å². The molecule has 0 saturated heterocycles. The number of ether oxygens (including phenoxy) is 3. The highest BCUT2D eigenvalue weighted by Crippen LogP contribution is 2.37. The zero-order valence-corrected chi connectivity index (χ0v) is 16.5. The molecule has 0 radical (unpaired) electrons. The second kappa shape index (κ2) is 7.28. The van der Waals surface area contributed by atoms with Crippen molar-refractivity contribution in [3.63, 3.8) is 0 Å². The largest absolute Gasteiger partial charge is 0.493 e. The van der Waals surface area contributed by atoms with Crippen LogP contribution in [0.3, 0.4) is 0 Å². The standard InChI is InChI=1S/C18H20N4O4S/c1-9-10(2)27-16-14(9)17(23)22(18(19)21-16)20-8-11-6-12(24-3)15(26-5)13(7-11)25-4/h6-8H,1-5H3,(H2,19,21)/b20-8+. The lowest BCUT2D eigenvalue weighted by molar-refractivity contribution is 0.324. The summed E-state index contributed by atoms with van der Waals surface area (Å²) in [7, 11) is 4.58. The maximum Gasteiger partial charge on any atom is 0.284 e. The molecule has 0 saturated carbocycles. The predicted molar refractivity (Wildman–Crippen MR) is 107 cm³/mol. The van der Waals surface area contributed by atoms with Crippen LogP contribution in [0.5, 0.6) is 17.2 Å². The van der Waals surface area contributed by atoms with E-state index in [1.54, 1.807) is 12.1 Å². The molecule has 0 atom stereocenters. The number of methoxy groups -OCH3 is 3. The minimum absolute atomic E-state index is 0.0254. The summed E-state index contributed by atoms with van der Waals surface area (Å²) in [6.07, 6.45) is 1.49. The normalized spacial score (nSPS) is 11.3. The summed E-state index contributed by atoms with van der Waals surface area (Å²) in [4.78, 5) is 18.8. The molecule has 0 amide bonds. The van der Waals surface area contributed by atoms with E-state index in [1.165, 1.54) is 38.9 Å². The van der Waals surface area contributed by atoms with Gasteiger partial charge in [0.25, 0.3) is 5.56 Å². The van der Waals surface area contributed by atoms with Crippen molar-refractivity contribution in [3.05, 3.63) is 38.5 Å². The SMILES string of the molecule is COc1cc(/C=N/n2c(N)nc3sc(C)c(C)c3c2=O)cc(OC)c1OC. The highest BCUT2D eigenvalue weighted by Gasteiger charge is 2.15. The Bertz CT molecular complexity index is 1080. The number of anilines is 1. The summed E-state index contributed by atoms with van der Waals surface area (Å²) in [5.41, 5.74) is 7.18. The Morgan fingerprint density at radius 1 is 1.15 bits per heavy atom. The number of hydrogen-bond acceptors (Lipinski definition) is 8. The van der Waals surface area contributed by atoms with Crippen molar-refractivity contribution in [1.82, 2.24) is 9.66 Å². The van der Waals surface area contributed by atoms with Gasteiger partial charge in [0, 0.05) is 10.4 Å². The number of thiophene rings is 1. The van der Waals surface area contributed by atoms with Crippen LogP contribution < -0.4 is 25.5 Å². The van der Waals surface area contributed by atoms with E-state index in [4.69, 9.17) is 19.9 Å². The highest BCUT2D eigenvalue weighted by atomic mass is 32.1. The minimum atomic E-state index is -0.303. The van der Waals surface area contributed by atoms with Gasteiger partial charge in [0.2, 0.25) is 11.7 Å². The number of nitrogen functional groups attached to an aromatic ring is 1. The third-order valence-electron chi connectivity index (χ3n) is 4.22. The number of nitrogens with two attached hydrogens (primary N) is 1. The number of hydrogen-bond donors (Lipinski definition) is 1. The molecule has 0 spiro atoms. The van der Waals surface area contributed by atoms with Crippen molar-refractivity contribution in [2.45, 2.75) is 13.8 Å². The van der Waals surface area contributed by atoms with Gasteiger partial charge in [-0.05, 0) is 31.5 Å². The van der Waals surface area contributed by atoms with Gasteiger partial charge in [-0.3, -0.25) is 4.79 Å². The number of aryl methyl sites for hydroxylation is 2. The maximum atomic E-state index is 12.8. The molecule has 0 aliphatic carbocycles. The van der Waals surface area contributed by atoms with Crippen LogP contribution in [0, 0.1) is 13.8 Å². The van der Waals surface area contributed by atoms with Gasteiger partial charge in [0.1, 0.15) is 4.83 Å². The molecule has 0 aliphatic heterocycles. The zero-order chi connectivity index (χ0) is 19.7. The Morgan fingerprint density at radius 3 is 2.33 bits per heavy atom. The first-order valence-electron chi connectivity index (χ1n) is 8.03. The third kappa shape index (κ3) is 3.21. The number of fused-ring (bicyclic) bond motifs is 1. The van der Waals surface area contributed by atoms with E-state index in [0.29, 0.717) is 33.0 Å². The fourth-order valence-electron chi connectivity index (χ4n) is 2.71. The van der Waals surface area contributed by atoms with Crippen LogP contribution in [0.15, 0.2) is 22.0 Å². The van der Waals surface area contributed by atoms with Gasteiger partial charge in [0.05, 0.1) is 32.9 Å². The maximum absolute atomic E-state index is 12.8. The Balaban J connectivity index is 2.11. The fraction of sp³-hybridized carbons (Fsp3) is 0.278. The average Bonchev–Trinajstić information content (AvgIpc) is 2.94. The summed E-state index contributed by atoms with van der Waals surface area (Å²) in [6, 6.07) is 3.44. The van der Waals surface area contributed by atoms with E-state index >= 15 is 0 Å². The lowest BCUT2D eigenvalue weighted by atomic mass is 10.2. The third-order valence-corrected chi connectivity index (χ3v) is 5.32. The molecular weight excluding hydrogens is 368 g/mol. The van der Waals surface area contributed by atoms with Crippen LogP contribution in [0.4, 0.5) is 5.95 Å². The van der Waals surface area contributed by atoms with E-state index in [0.717, 1.165) is 15.1 Å². The monoisotopic (exact) mass is 388 g/mol. The van der Waals surface area contributed by atoms with E-state index in [9.17, 15) is 4.79 Å². The zero-order valence-electron chi connectivity index (χ0n) is 15.7. The second-order valence-corrected chi connectivity index (χ2v) is 6.96. The molecule has 1 aromatic carbocycles. The first-order chi connectivity index (χ1) is 12.9. The molecular formula is C18H20N4O4S. The molecule has 2 heterocycles. The molecule has 0 unspecified atom stereocenters. The van der Waals surface area contributed by atoms with Crippen LogP contribution in [0.25, 0.3) is 10.2 Å². The number of rotatable bonds is 5. The highest BCUT2D eigenvalue weighted by molar-refractivity contribution is 7.18. The lowest BCUT2D eigenvalue weighted by Crippen LogP contribution is -2.21. The van der Waals surface area contributed by atoms with Gasteiger partial charge in [-0.1, -0.05) is 0 Å². The van der Waals surface area contributed by atoms with Crippen LogP contribution in [0.1, 0.15) is 16.0 Å². The van der Waals surface area contributed by atoms with Gasteiger partial charge in [-0.2, -0.15) is 9.78 Å². The van der Waals surface area contributed by atoms with Crippen molar-refractivity contribution in [3.8, 4) is 17.2 Å². The summed E-state index contributed by atoms with van der Waals surface area (Å²) in [5, 5.41) is 4.76. The van der Waals surface area contributed by atoms with Gasteiger partial charge < -0.3 is 19.9 Å². The number of aromatic nitrogens is 2. The summed E-state index contributed by atoms with van der Waals surface area (Å²) >= 11 is 1.44. The van der Waals surface area contributed by atoms with Crippen LogP contribution >= 0.6 is 11.3 Å². The minimum Gasteiger partial charge on any atom is -0.493 e. The Morgan fingerprint density at radius 2 is 1.78 bits per heavy atom. The van der Waals surface area contributed by atoms with E-state index in [2.05, 4.69) is 10.1 Å². The molecule has 9 heteroatoms. The molecule has 3 rings (SSSR count). The predicted octanol–water partition coefficient (Wildman–Crippen LogP) is 2.57. The Labute approximate surface area is 159 Å². The van der Waals surface area contributed by atoms with Crippen molar-refractivity contribution in [2.24, 2.45) is 5.10 Å². The van der Waals surface area contributed by atoms with E-state index in [-0.39, 0.29) is 11.5 Å². The summed E-state index contributed by atoms with van der Waals surface area (Å²) in [6.45, 7) is 3.83. The fourth-order valence-corrected chi connectivity index (χ4v) is 3.74. The molecule has 2 N–H and O–H groups in total. The number of nitrogens with zero attached hydrogens (tertiary/aromatic N) is 3. The molecule has 8 nitrogen and oxygen atoms in total. The van der Waals surface area contributed by atoms with Gasteiger partial charge in [0.15, 0.2) is 11.5 Å². The summed E-state index contributed by atoms with van der Waals surface area (Å²) < 4.78 is 17.0. The first-order valence-corrected chi connectivity index (χ1v) is 8.85. The van der Waals surface area contributed by atoms with E-state index < -0.39 is 0 Å². The average molecular weight is 388 g/mol. The van der Waals surface area contributed by atoms with Gasteiger partial charge in [-0.15, -0.1) is 11.3 Å². The van der Waals surface area contributed by atoms with Crippen LogP contribution in [0.2, 0.25) is 0 Å². The van der Waals surface area contributed by atoms with E-state index in [1.807, 2.05) is 13.8 Å². The Hall–Kier alpha value is -3.07. The smallest absolute Gasteiger partial charge is 0.284 e. The van der Waals surface area contributed by atoms with Crippen molar-refractivity contribution < 1.29 is 14.2 Å². The molecule has 27 heavy (non-hydrogen) atoms. The Kier molecular flexibility index (Phi) is 5.04. The topological polar surface area (TPSA) is 101 Å². The summed E-state index contributed by atoms with van der Waals surface area (Å²) in [5.74, 6) is 1.46. The first kappa shape index (κ1) is 18.7. The molecule has 0 bridgehead atoms. The van der Waals surface area contributed by atoms with Crippen LogP contribution in [-0.2, 0) is 0 Å². The molecule has 3 aromatic rings.